The molecule has 0 spiro atoms. The number of ether oxygens (including phenoxy) is 2. The van der Waals surface area contributed by atoms with E-state index in [2.05, 4.69) is 6.07 Å². The monoisotopic (exact) mass is 231 g/mol. The van der Waals surface area contributed by atoms with Gasteiger partial charge >= 0.3 is 0 Å². The molecule has 1 aliphatic heterocycles. The van der Waals surface area contributed by atoms with E-state index >= 15 is 0 Å². The highest BCUT2D eigenvalue weighted by Crippen LogP contribution is 2.19. The van der Waals surface area contributed by atoms with Crippen LogP contribution in [0.2, 0.25) is 0 Å². The van der Waals surface area contributed by atoms with Crippen LogP contribution in [0.3, 0.4) is 0 Å². The van der Waals surface area contributed by atoms with Gasteiger partial charge in [0, 0.05) is 13.0 Å². The molecule has 0 saturated carbocycles. The molecule has 17 heavy (non-hydrogen) atoms. The van der Waals surface area contributed by atoms with Gasteiger partial charge in [0.25, 0.3) is 0 Å². The van der Waals surface area contributed by atoms with Gasteiger partial charge in [-0.15, -0.1) is 0 Å². The summed E-state index contributed by atoms with van der Waals surface area (Å²) in [5.41, 5.74) is 0.595. The predicted molar refractivity (Wildman–Crippen MR) is 64.9 cm³/mol. The van der Waals surface area contributed by atoms with Crippen LogP contribution in [0.15, 0.2) is 24.3 Å². The molecule has 0 aliphatic carbocycles. The first-order valence-electron chi connectivity index (χ1n) is 6.13. The Hall–Kier alpha value is -1.53. The van der Waals surface area contributed by atoms with E-state index in [4.69, 9.17) is 14.7 Å². The molecule has 1 unspecified atom stereocenters. The summed E-state index contributed by atoms with van der Waals surface area (Å²) in [4.78, 5) is 0. The molecule has 0 N–H and O–H groups in total. The van der Waals surface area contributed by atoms with E-state index in [-0.39, 0.29) is 0 Å². The normalized spacial score (nSPS) is 19.6. The molecular weight excluding hydrogens is 214 g/mol. The van der Waals surface area contributed by atoms with Gasteiger partial charge in [-0.25, -0.2) is 0 Å². The molecule has 0 amide bonds. The summed E-state index contributed by atoms with van der Waals surface area (Å²) in [7, 11) is 0. The average molecular weight is 231 g/mol. The Bertz CT molecular complexity index is 391. The van der Waals surface area contributed by atoms with Gasteiger partial charge in [-0.3, -0.25) is 0 Å². The van der Waals surface area contributed by atoms with Crippen LogP contribution in [-0.2, 0) is 4.74 Å². The lowest BCUT2D eigenvalue weighted by Crippen LogP contribution is -2.21. The lowest BCUT2D eigenvalue weighted by atomic mass is 10.1. The van der Waals surface area contributed by atoms with Crippen molar-refractivity contribution in [2.45, 2.75) is 31.8 Å². The first kappa shape index (κ1) is 11.9. The van der Waals surface area contributed by atoms with Crippen LogP contribution in [-0.4, -0.2) is 19.3 Å². The van der Waals surface area contributed by atoms with Crippen molar-refractivity contribution in [3.8, 4) is 11.8 Å². The fraction of sp³-hybridized carbons (Fsp3) is 0.500. The van der Waals surface area contributed by atoms with Crippen molar-refractivity contribution < 1.29 is 9.47 Å². The van der Waals surface area contributed by atoms with Crippen LogP contribution < -0.4 is 4.74 Å². The zero-order valence-corrected chi connectivity index (χ0v) is 9.89. The van der Waals surface area contributed by atoms with Gasteiger partial charge in [0.05, 0.1) is 18.3 Å². The van der Waals surface area contributed by atoms with Gasteiger partial charge in [-0.2, -0.15) is 5.26 Å². The Kier molecular flexibility index (Phi) is 4.40. The Morgan fingerprint density at radius 3 is 3.00 bits per heavy atom. The Balaban J connectivity index is 1.79. The molecule has 0 aromatic heterocycles. The fourth-order valence-corrected chi connectivity index (χ4v) is 2.02. The number of hydrogen-bond donors (Lipinski definition) is 0. The van der Waals surface area contributed by atoms with Crippen molar-refractivity contribution >= 4 is 0 Å². The number of hydrogen-bond acceptors (Lipinski definition) is 3. The Labute approximate surface area is 102 Å². The van der Waals surface area contributed by atoms with Crippen molar-refractivity contribution in [2.24, 2.45) is 0 Å². The van der Waals surface area contributed by atoms with E-state index in [0.29, 0.717) is 24.0 Å². The smallest absolute Gasteiger partial charge is 0.137 e. The van der Waals surface area contributed by atoms with Gasteiger partial charge in [-0.1, -0.05) is 12.1 Å². The Morgan fingerprint density at radius 2 is 2.24 bits per heavy atom. The SMILES string of the molecule is N#Cc1ccccc1OCCC1CCCCO1. The van der Waals surface area contributed by atoms with Gasteiger partial charge < -0.3 is 9.47 Å². The van der Waals surface area contributed by atoms with E-state index in [1.54, 1.807) is 6.07 Å². The third-order valence-electron chi connectivity index (χ3n) is 2.98. The summed E-state index contributed by atoms with van der Waals surface area (Å²) >= 11 is 0. The molecular formula is C14H17NO2. The third-order valence-corrected chi connectivity index (χ3v) is 2.98. The van der Waals surface area contributed by atoms with E-state index in [1.807, 2.05) is 18.2 Å². The van der Waals surface area contributed by atoms with Crippen LogP contribution in [0.25, 0.3) is 0 Å². The third kappa shape index (κ3) is 3.47. The van der Waals surface area contributed by atoms with Crippen LogP contribution in [0.1, 0.15) is 31.2 Å². The molecule has 3 nitrogen and oxygen atoms in total. The van der Waals surface area contributed by atoms with Crippen LogP contribution in [0.4, 0.5) is 0 Å². The number of benzene rings is 1. The van der Waals surface area contributed by atoms with Gasteiger partial charge in [-0.05, 0) is 31.4 Å². The van der Waals surface area contributed by atoms with E-state index in [1.165, 1.54) is 12.8 Å². The summed E-state index contributed by atoms with van der Waals surface area (Å²) in [6.07, 6.45) is 4.79. The highest BCUT2D eigenvalue weighted by molar-refractivity contribution is 5.42. The van der Waals surface area contributed by atoms with Crippen molar-refractivity contribution in [3.05, 3.63) is 29.8 Å². The first-order valence-corrected chi connectivity index (χ1v) is 6.13. The molecule has 2 rings (SSSR count). The molecule has 1 aliphatic rings. The minimum atomic E-state index is 0.331. The minimum absolute atomic E-state index is 0.331. The summed E-state index contributed by atoms with van der Waals surface area (Å²) in [6, 6.07) is 9.46. The van der Waals surface area contributed by atoms with Crippen molar-refractivity contribution in [1.29, 1.82) is 5.26 Å². The minimum Gasteiger partial charge on any atom is -0.492 e. The topological polar surface area (TPSA) is 42.2 Å². The molecule has 0 bridgehead atoms. The summed E-state index contributed by atoms with van der Waals surface area (Å²) < 4.78 is 11.3. The number of nitrogens with zero attached hydrogens (tertiary/aromatic N) is 1. The largest absolute Gasteiger partial charge is 0.492 e. The molecule has 90 valence electrons. The zero-order chi connectivity index (χ0) is 11.9. The second-order valence-electron chi connectivity index (χ2n) is 4.23. The quantitative estimate of drug-likeness (QED) is 0.800. The van der Waals surface area contributed by atoms with Gasteiger partial charge in [0.1, 0.15) is 11.8 Å². The van der Waals surface area contributed by atoms with E-state index in [0.717, 1.165) is 19.4 Å². The molecule has 1 aromatic carbocycles. The fourth-order valence-electron chi connectivity index (χ4n) is 2.02. The lowest BCUT2D eigenvalue weighted by molar-refractivity contribution is 0.00403. The number of nitriles is 1. The molecule has 1 saturated heterocycles. The standard InChI is InChI=1S/C14H17NO2/c15-11-12-5-1-2-7-14(12)17-10-8-13-6-3-4-9-16-13/h1-2,5,7,13H,3-4,6,8-10H2. The maximum Gasteiger partial charge on any atom is 0.137 e. The first-order chi connectivity index (χ1) is 8.40. The van der Waals surface area contributed by atoms with Crippen molar-refractivity contribution in [1.82, 2.24) is 0 Å². The molecule has 1 fully saturated rings. The number of rotatable bonds is 4. The predicted octanol–water partition coefficient (Wildman–Crippen LogP) is 2.90. The highest BCUT2D eigenvalue weighted by atomic mass is 16.5. The van der Waals surface area contributed by atoms with Gasteiger partial charge in [0.2, 0.25) is 0 Å². The van der Waals surface area contributed by atoms with Crippen LogP contribution in [0.5, 0.6) is 5.75 Å². The van der Waals surface area contributed by atoms with E-state index in [9.17, 15) is 0 Å². The Morgan fingerprint density at radius 1 is 1.35 bits per heavy atom. The average Bonchev–Trinajstić information content (AvgIpc) is 2.40. The maximum absolute atomic E-state index is 8.91. The maximum atomic E-state index is 8.91. The summed E-state index contributed by atoms with van der Waals surface area (Å²) in [5, 5.41) is 8.91. The second-order valence-corrected chi connectivity index (χ2v) is 4.23. The second kappa shape index (κ2) is 6.27. The zero-order valence-electron chi connectivity index (χ0n) is 9.89. The molecule has 1 atom stereocenters. The van der Waals surface area contributed by atoms with Crippen LogP contribution >= 0.6 is 0 Å². The molecule has 0 radical (unpaired) electrons. The molecule has 3 heteroatoms. The summed E-state index contributed by atoms with van der Waals surface area (Å²) in [5.74, 6) is 0.672. The summed E-state index contributed by atoms with van der Waals surface area (Å²) in [6.45, 7) is 1.49. The van der Waals surface area contributed by atoms with Crippen molar-refractivity contribution in [3.63, 3.8) is 0 Å². The van der Waals surface area contributed by atoms with Gasteiger partial charge in [0.15, 0.2) is 0 Å². The van der Waals surface area contributed by atoms with E-state index < -0.39 is 0 Å². The lowest BCUT2D eigenvalue weighted by Gasteiger charge is -2.22. The molecule has 1 aromatic rings. The molecule has 1 heterocycles. The van der Waals surface area contributed by atoms with Crippen LogP contribution in [0, 0.1) is 11.3 Å². The number of para-hydroxylation sites is 1. The van der Waals surface area contributed by atoms with Crippen molar-refractivity contribution in [2.75, 3.05) is 13.2 Å². The highest BCUT2D eigenvalue weighted by Gasteiger charge is 2.13.